The van der Waals surface area contributed by atoms with Gasteiger partial charge in [-0.1, -0.05) is 40.0 Å². The minimum absolute atomic E-state index is 0.00926. The number of carboxylic acids is 1. The van der Waals surface area contributed by atoms with Gasteiger partial charge in [0.25, 0.3) is 0 Å². The molecule has 2 atom stereocenters. The van der Waals surface area contributed by atoms with E-state index in [0.29, 0.717) is 5.92 Å². The van der Waals surface area contributed by atoms with E-state index >= 15 is 0 Å². The van der Waals surface area contributed by atoms with Crippen molar-refractivity contribution in [2.45, 2.75) is 71.8 Å². The second kappa shape index (κ2) is 6.92. The van der Waals surface area contributed by atoms with Crippen molar-refractivity contribution in [1.82, 2.24) is 5.32 Å². The molecule has 0 aliphatic heterocycles. The first-order chi connectivity index (χ1) is 8.80. The molecule has 1 saturated carbocycles. The minimum atomic E-state index is -0.847. The minimum Gasteiger partial charge on any atom is -0.481 e. The van der Waals surface area contributed by atoms with E-state index in [2.05, 4.69) is 12.2 Å². The first kappa shape index (κ1) is 16.0. The van der Waals surface area contributed by atoms with Crippen LogP contribution in [0.3, 0.4) is 0 Å². The van der Waals surface area contributed by atoms with Crippen molar-refractivity contribution in [2.75, 3.05) is 0 Å². The number of amides is 1. The van der Waals surface area contributed by atoms with E-state index < -0.39 is 11.4 Å². The first-order valence-corrected chi connectivity index (χ1v) is 7.31. The molecular formula is C15H27NO3. The topological polar surface area (TPSA) is 66.4 Å². The van der Waals surface area contributed by atoms with Gasteiger partial charge >= 0.3 is 5.97 Å². The molecule has 0 aromatic rings. The normalized spacial score (nSPS) is 24.6. The molecule has 0 aromatic heterocycles. The van der Waals surface area contributed by atoms with Gasteiger partial charge in [0, 0.05) is 12.5 Å². The highest BCUT2D eigenvalue weighted by atomic mass is 16.4. The second-order valence-corrected chi connectivity index (χ2v) is 6.70. The summed E-state index contributed by atoms with van der Waals surface area (Å²) in [6, 6.07) is 0.260. The average molecular weight is 269 g/mol. The van der Waals surface area contributed by atoms with Gasteiger partial charge < -0.3 is 10.4 Å². The smallest absolute Gasteiger partial charge is 0.303 e. The Balaban J connectivity index is 2.47. The van der Waals surface area contributed by atoms with Crippen LogP contribution in [0.1, 0.15) is 65.7 Å². The molecule has 0 bridgehead atoms. The van der Waals surface area contributed by atoms with Crippen LogP contribution in [0.4, 0.5) is 0 Å². The Morgan fingerprint density at radius 1 is 1.16 bits per heavy atom. The number of carbonyl (C=O) groups excluding carboxylic acids is 1. The highest BCUT2D eigenvalue weighted by molar-refractivity contribution is 5.78. The lowest BCUT2D eigenvalue weighted by Crippen LogP contribution is -2.40. The Morgan fingerprint density at radius 3 is 2.42 bits per heavy atom. The molecule has 1 rings (SSSR count). The van der Waals surface area contributed by atoms with E-state index in [1.165, 1.54) is 25.7 Å². The molecule has 0 radical (unpaired) electrons. The summed E-state index contributed by atoms with van der Waals surface area (Å²) in [7, 11) is 0. The highest BCUT2D eigenvalue weighted by Gasteiger charge is 2.27. The summed E-state index contributed by atoms with van der Waals surface area (Å²) in [6.45, 7) is 5.85. The van der Waals surface area contributed by atoms with Crippen LogP contribution < -0.4 is 5.32 Å². The van der Waals surface area contributed by atoms with Crippen LogP contribution in [0.5, 0.6) is 0 Å². The predicted octanol–water partition coefficient (Wildman–Crippen LogP) is 2.96. The summed E-state index contributed by atoms with van der Waals surface area (Å²) in [5.74, 6) is -0.334. The van der Waals surface area contributed by atoms with Crippen molar-refractivity contribution < 1.29 is 14.7 Å². The van der Waals surface area contributed by atoms with Crippen molar-refractivity contribution >= 4 is 11.9 Å². The van der Waals surface area contributed by atoms with Crippen LogP contribution in [0.25, 0.3) is 0 Å². The zero-order valence-electron chi connectivity index (χ0n) is 12.4. The molecule has 19 heavy (non-hydrogen) atoms. The van der Waals surface area contributed by atoms with E-state index in [9.17, 15) is 9.59 Å². The summed E-state index contributed by atoms with van der Waals surface area (Å²) < 4.78 is 0. The lowest BCUT2D eigenvalue weighted by atomic mass is 9.85. The number of carbonyl (C=O) groups is 2. The van der Waals surface area contributed by atoms with Crippen LogP contribution in [0.2, 0.25) is 0 Å². The molecule has 2 N–H and O–H groups in total. The Labute approximate surface area is 116 Å². The summed E-state index contributed by atoms with van der Waals surface area (Å²) in [6.07, 6.45) is 6.20. The van der Waals surface area contributed by atoms with Gasteiger partial charge in [0.15, 0.2) is 0 Å². The van der Waals surface area contributed by atoms with E-state index in [1.54, 1.807) is 0 Å². The van der Waals surface area contributed by atoms with Gasteiger partial charge in [-0.05, 0) is 24.2 Å². The van der Waals surface area contributed by atoms with Crippen molar-refractivity contribution in [1.29, 1.82) is 0 Å². The maximum Gasteiger partial charge on any atom is 0.303 e. The Bertz CT molecular complexity index is 325. The summed E-state index contributed by atoms with van der Waals surface area (Å²) >= 11 is 0. The Hall–Kier alpha value is -1.06. The standard InChI is InChI=1S/C15H27NO3/c1-11-7-5-4-6-8-12(11)16-13(17)9-15(2,3)10-14(18)19/h11-12H,4-10H2,1-3H3,(H,16,17)(H,18,19). The third-order valence-corrected chi connectivity index (χ3v) is 3.98. The number of rotatable bonds is 5. The largest absolute Gasteiger partial charge is 0.481 e. The Kier molecular flexibility index (Phi) is 5.83. The number of nitrogens with one attached hydrogen (secondary N) is 1. The number of hydrogen-bond acceptors (Lipinski definition) is 2. The van der Waals surface area contributed by atoms with E-state index in [1.807, 2.05) is 13.8 Å². The number of aliphatic carboxylic acids is 1. The van der Waals surface area contributed by atoms with Gasteiger partial charge in [0.1, 0.15) is 0 Å². The molecule has 0 saturated heterocycles. The molecular weight excluding hydrogens is 242 g/mol. The lowest BCUT2D eigenvalue weighted by molar-refractivity contribution is -0.139. The number of hydrogen-bond donors (Lipinski definition) is 2. The van der Waals surface area contributed by atoms with Crippen LogP contribution >= 0.6 is 0 Å². The highest BCUT2D eigenvalue weighted by Crippen LogP contribution is 2.26. The molecule has 1 aliphatic rings. The summed E-state index contributed by atoms with van der Waals surface area (Å²) in [5.41, 5.74) is -0.482. The second-order valence-electron chi connectivity index (χ2n) is 6.70. The van der Waals surface area contributed by atoms with Gasteiger partial charge in [0.2, 0.25) is 5.91 Å². The molecule has 1 fully saturated rings. The molecule has 110 valence electrons. The van der Waals surface area contributed by atoms with Crippen molar-refractivity contribution in [3.05, 3.63) is 0 Å². The molecule has 2 unspecified atom stereocenters. The molecule has 1 amide bonds. The average Bonchev–Trinajstić information content (AvgIpc) is 2.41. The molecule has 4 heteroatoms. The number of carboxylic acid groups (broad SMARTS) is 1. The first-order valence-electron chi connectivity index (χ1n) is 7.31. The van der Waals surface area contributed by atoms with E-state index in [4.69, 9.17) is 5.11 Å². The van der Waals surface area contributed by atoms with Crippen LogP contribution in [0.15, 0.2) is 0 Å². The van der Waals surface area contributed by atoms with Crippen molar-refractivity contribution in [3.8, 4) is 0 Å². The zero-order chi connectivity index (χ0) is 14.5. The van der Waals surface area contributed by atoms with Gasteiger partial charge in [-0.3, -0.25) is 9.59 Å². The summed E-state index contributed by atoms with van der Waals surface area (Å²) in [4.78, 5) is 22.8. The molecule has 4 nitrogen and oxygen atoms in total. The maximum absolute atomic E-state index is 12.1. The zero-order valence-corrected chi connectivity index (χ0v) is 12.4. The van der Waals surface area contributed by atoms with Crippen LogP contribution in [0, 0.1) is 11.3 Å². The molecule has 0 heterocycles. The van der Waals surface area contributed by atoms with Crippen LogP contribution in [-0.2, 0) is 9.59 Å². The quantitative estimate of drug-likeness (QED) is 0.754. The molecule has 0 spiro atoms. The van der Waals surface area contributed by atoms with Gasteiger partial charge in [-0.2, -0.15) is 0 Å². The van der Waals surface area contributed by atoms with Gasteiger partial charge in [-0.15, -0.1) is 0 Å². The fraction of sp³-hybridized carbons (Fsp3) is 0.867. The Morgan fingerprint density at radius 2 is 1.79 bits per heavy atom. The van der Waals surface area contributed by atoms with Crippen molar-refractivity contribution in [2.24, 2.45) is 11.3 Å². The predicted molar refractivity (Wildman–Crippen MR) is 74.8 cm³/mol. The lowest BCUT2D eigenvalue weighted by Gasteiger charge is -2.26. The fourth-order valence-electron chi connectivity index (χ4n) is 2.87. The maximum atomic E-state index is 12.1. The van der Waals surface area contributed by atoms with Crippen molar-refractivity contribution in [3.63, 3.8) is 0 Å². The van der Waals surface area contributed by atoms with E-state index in [0.717, 1.165) is 6.42 Å². The van der Waals surface area contributed by atoms with E-state index in [-0.39, 0.29) is 24.8 Å². The summed E-state index contributed by atoms with van der Waals surface area (Å²) in [5, 5.41) is 11.9. The SMILES string of the molecule is CC1CCCCCC1NC(=O)CC(C)(C)CC(=O)O. The molecule has 0 aromatic carbocycles. The third-order valence-electron chi connectivity index (χ3n) is 3.98. The fourth-order valence-corrected chi connectivity index (χ4v) is 2.87. The van der Waals surface area contributed by atoms with Crippen LogP contribution in [-0.4, -0.2) is 23.0 Å². The molecule has 1 aliphatic carbocycles. The van der Waals surface area contributed by atoms with Gasteiger partial charge in [0.05, 0.1) is 6.42 Å². The van der Waals surface area contributed by atoms with Gasteiger partial charge in [-0.25, -0.2) is 0 Å². The third kappa shape index (κ3) is 6.08. The monoisotopic (exact) mass is 269 g/mol.